The van der Waals surface area contributed by atoms with Crippen LogP contribution in [0.15, 0.2) is 34.9 Å². The fraction of sp³-hybridized carbons (Fsp3) is 0.474. The van der Waals surface area contributed by atoms with Gasteiger partial charge in [0, 0.05) is 16.6 Å². The SMILES string of the molecule is O=C(O)[C@@H]1C[C@H]2CCCC[C@H]2N1Cc1ncc(-c2cccc(Cl)c2)o1. The van der Waals surface area contributed by atoms with E-state index in [1.54, 1.807) is 6.20 Å². The van der Waals surface area contributed by atoms with Crippen LogP contribution in [0.5, 0.6) is 0 Å². The fourth-order valence-corrected chi connectivity index (χ4v) is 4.53. The first-order valence-electron chi connectivity index (χ1n) is 8.81. The summed E-state index contributed by atoms with van der Waals surface area (Å²) in [5.41, 5.74) is 0.873. The van der Waals surface area contributed by atoms with Gasteiger partial charge in [0.15, 0.2) is 5.76 Å². The van der Waals surface area contributed by atoms with Crippen molar-refractivity contribution in [2.45, 2.75) is 50.7 Å². The van der Waals surface area contributed by atoms with Gasteiger partial charge in [-0.05, 0) is 37.3 Å². The number of halogens is 1. The van der Waals surface area contributed by atoms with Gasteiger partial charge in [-0.15, -0.1) is 0 Å². The van der Waals surface area contributed by atoms with Crippen LogP contribution in [0.1, 0.15) is 38.0 Å². The summed E-state index contributed by atoms with van der Waals surface area (Å²) in [5, 5.41) is 10.3. The molecule has 2 aromatic rings. The van der Waals surface area contributed by atoms with E-state index in [-0.39, 0.29) is 0 Å². The summed E-state index contributed by atoms with van der Waals surface area (Å²) in [7, 11) is 0. The van der Waals surface area contributed by atoms with Crippen molar-refractivity contribution < 1.29 is 14.3 Å². The van der Waals surface area contributed by atoms with Crippen molar-refractivity contribution in [3.63, 3.8) is 0 Å². The van der Waals surface area contributed by atoms with Crippen LogP contribution in [-0.4, -0.2) is 33.0 Å². The topological polar surface area (TPSA) is 66.6 Å². The van der Waals surface area contributed by atoms with Gasteiger partial charge in [-0.2, -0.15) is 0 Å². The molecule has 1 N–H and O–H groups in total. The summed E-state index contributed by atoms with van der Waals surface area (Å²) >= 11 is 6.03. The van der Waals surface area contributed by atoms with Gasteiger partial charge in [-0.25, -0.2) is 4.98 Å². The van der Waals surface area contributed by atoms with Crippen molar-refractivity contribution >= 4 is 17.6 Å². The van der Waals surface area contributed by atoms with E-state index in [4.69, 9.17) is 16.0 Å². The number of fused-ring (bicyclic) bond motifs is 1. The molecule has 0 bridgehead atoms. The molecule has 25 heavy (non-hydrogen) atoms. The van der Waals surface area contributed by atoms with Gasteiger partial charge in [-0.3, -0.25) is 9.69 Å². The van der Waals surface area contributed by atoms with Gasteiger partial charge in [0.2, 0.25) is 5.89 Å². The van der Waals surface area contributed by atoms with Gasteiger partial charge in [0.1, 0.15) is 6.04 Å². The highest BCUT2D eigenvalue weighted by Crippen LogP contribution is 2.40. The number of likely N-dealkylation sites (tertiary alicyclic amines) is 1. The Kier molecular flexibility index (Phi) is 4.52. The van der Waals surface area contributed by atoms with E-state index in [2.05, 4.69) is 9.88 Å². The lowest BCUT2D eigenvalue weighted by atomic mass is 9.85. The molecule has 5 nitrogen and oxygen atoms in total. The zero-order chi connectivity index (χ0) is 17.4. The van der Waals surface area contributed by atoms with Crippen molar-refractivity contribution in [2.24, 2.45) is 5.92 Å². The molecule has 2 heterocycles. The van der Waals surface area contributed by atoms with Gasteiger partial charge < -0.3 is 9.52 Å². The van der Waals surface area contributed by atoms with Gasteiger partial charge in [0.05, 0.1) is 12.7 Å². The van der Waals surface area contributed by atoms with Crippen LogP contribution in [0.4, 0.5) is 0 Å². The first-order valence-corrected chi connectivity index (χ1v) is 9.19. The lowest BCUT2D eigenvalue weighted by molar-refractivity contribution is -0.143. The van der Waals surface area contributed by atoms with E-state index in [0.29, 0.717) is 35.2 Å². The van der Waals surface area contributed by atoms with Gasteiger partial charge in [-0.1, -0.05) is 36.6 Å². The summed E-state index contributed by atoms with van der Waals surface area (Å²) in [6, 6.07) is 7.33. The number of nitrogens with zero attached hydrogens (tertiary/aromatic N) is 2. The predicted molar refractivity (Wildman–Crippen MR) is 94.3 cm³/mol. The van der Waals surface area contributed by atoms with Crippen LogP contribution >= 0.6 is 11.6 Å². The number of hydrogen-bond donors (Lipinski definition) is 1. The molecule has 1 saturated carbocycles. The molecular weight excluding hydrogens is 340 g/mol. The van der Waals surface area contributed by atoms with E-state index >= 15 is 0 Å². The Hall–Kier alpha value is -1.85. The number of carboxylic acids is 1. The average molecular weight is 361 g/mol. The van der Waals surface area contributed by atoms with E-state index in [9.17, 15) is 9.90 Å². The molecule has 132 valence electrons. The zero-order valence-corrected chi connectivity index (χ0v) is 14.7. The third-order valence-electron chi connectivity index (χ3n) is 5.49. The van der Waals surface area contributed by atoms with E-state index in [1.807, 2.05) is 24.3 Å². The van der Waals surface area contributed by atoms with Crippen LogP contribution in [0.3, 0.4) is 0 Å². The number of aliphatic carboxylic acids is 1. The first kappa shape index (κ1) is 16.6. The Morgan fingerprint density at radius 1 is 1.36 bits per heavy atom. The van der Waals surface area contributed by atoms with Crippen LogP contribution < -0.4 is 0 Å². The maximum absolute atomic E-state index is 11.7. The van der Waals surface area contributed by atoms with Gasteiger partial charge >= 0.3 is 5.97 Å². The normalized spacial score (nSPS) is 26.5. The Bertz CT molecular complexity index is 776. The van der Waals surface area contributed by atoms with Crippen LogP contribution in [0, 0.1) is 5.92 Å². The van der Waals surface area contributed by atoms with Crippen molar-refractivity contribution in [3.8, 4) is 11.3 Å². The summed E-state index contributed by atoms with van der Waals surface area (Å²) in [6.07, 6.45) is 7.00. The molecule has 2 aliphatic rings. The van der Waals surface area contributed by atoms with E-state index in [1.165, 1.54) is 12.8 Å². The molecule has 0 amide bonds. The molecule has 0 unspecified atom stereocenters. The minimum Gasteiger partial charge on any atom is -0.480 e. The Balaban J connectivity index is 1.55. The van der Waals surface area contributed by atoms with E-state index < -0.39 is 12.0 Å². The Morgan fingerprint density at radius 3 is 3.00 bits per heavy atom. The highest BCUT2D eigenvalue weighted by molar-refractivity contribution is 6.30. The quantitative estimate of drug-likeness (QED) is 0.884. The molecule has 3 atom stereocenters. The minimum absolute atomic E-state index is 0.330. The second-order valence-electron chi connectivity index (χ2n) is 7.00. The maximum Gasteiger partial charge on any atom is 0.320 e. The summed E-state index contributed by atoms with van der Waals surface area (Å²) in [6.45, 7) is 0.443. The summed E-state index contributed by atoms with van der Waals surface area (Å²) in [4.78, 5) is 18.2. The smallest absolute Gasteiger partial charge is 0.320 e. The maximum atomic E-state index is 11.7. The van der Waals surface area contributed by atoms with Crippen LogP contribution in [0.2, 0.25) is 5.02 Å². The van der Waals surface area contributed by atoms with Crippen molar-refractivity contribution in [3.05, 3.63) is 41.4 Å². The number of aromatic nitrogens is 1. The van der Waals surface area contributed by atoms with Crippen molar-refractivity contribution in [1.82, 2.24) is 9.88 Å². The molecule has 0 radical (unpaired) electrons. The standard InChI is InChI=1S/C19H21ClN2O3/c20-14-6-3-5-13(8-14)17-10-21-18(25-17)11-22-15-7-2-1-4-12(15)9-16(22)19(23)24/h3,5-6,8,10,12,15-16H,1-2,4,7,9,11H2,(H,23,24)/t12-,15-,16+/m1/s1. The minimum atomic E-state index is -0.740. The number of carboxylic acid groups (broad SMARTS) is 1. The third kappa shape index (κ3) is 3.31. The molecule has 1 aliphatic carbocycles. The largest absolute Gasteiger partial charge is 0.480 e. The second-order valence-corrected chi connectivity index (χ2v) is 7.44. The molecule has 6 heteroatoms. The molecule has 1 aliphatic heterocycles. The molecule has 1 aromatic carbocycles. The van der Waals surface area contributed by atoms with Crippen molar-refractivity contribution in [2.75, 3.05) is 0 Å². The summed E-state index contributed by atoms with van der Waals surface area (Å²) < 4.78 is 5.89. The molecular formula is C19H21ClN2O3. The first-order chi connectivity index (χ1) is 12.1. The number of oxazole rings is 1. The summed E-state index contributed by atoms with van der Waals surface area (Å²) in [5.74, 6) is 0.962. The molecule has 2 fully saturated rings. The van der Waals surface area contributed by atoms with Crippen LogP contribution in [-0.2, 0) is 11.3 Å². The third-order valence-corrected chi connectivity index (χ3v) is 5.72. The highest BCUT2D eigenvalue weighted by atomic mass is 35.5. The fourth-order valence-electron chi connectivity index (χ4n) is 4.34. The second kappa shape index (κ2) is 6.81. The van der Waals surface area contributed by atoms with E-state index in [0.717, 1.165) is 24.8 Å². The van der Waals surface area contributed by atoms with Crippen molar-refractivity contribution in [1.29, 1.82) is 0 Å². The zero-order valence-electron chi connectivity index (χ0n) is 13.9. The lowest BCUT2D eigenvalue weighted by Gasteiger charge is -2.32. The number of rotatable bonds is 4. The van der Waals surface area contributed by atoms with Gasteiger partial charge in [0.25, 0.3) is 0 Å². The average Bonchev–Trinajstić information content (AvgIpc) is 3.21. The molecule has 0 spiro atoms. The highest BCUT2D eigenvalue weighted by Gasteiger charge is 2.45. The predicted octanol–water partition coefficient (Wildman–Crippen LogP) is 4.21. The molecule has 1 aromatic heterocycles. The lowest BCUT2D eigenvalue weighted by Crippen LogP contribution is -2.41. The number of carbonyl (C=O) groups is 1. The van der Waals surface area contributed by atoms with Crippen LogP contribution in [0.25, 0.3) is 11.3 Å². The number of benzene rings is 1. The Morgan fingerprint density at radius 2 is 2.20 bits per heavy atom. The molecule has 4 rings (SSSR count). The molecule has 1 saturated heterocycles. The Labute approximate surface area is 151 Å². The number of hydrogen-bond acceptors (Lipinski definition) is 4. The monoisotopic (exact) mass is 360 g/mol.